The van der Waals surface area contributed by atoms with E-state index in [2.05, 4.69) is 11.1 Å². The van der Waals surface area contributed by atoms with E-state index >= 15 is 0 Å². The number of aromatic nitrogens is 1. The Morgan fingerprint density at radius 1 is 1.32 bits per heavy atom. The summed E-state index contributed by atoms with van der Waals surface area (Å²) in [6, 6.07) is 8.57. The first-order valence-corrected chi connectivity index (χ1v) is 9.63. The number of carbonyl (C=O) groups excluding carboxylic acids is 1. The van der Waals surface area contributed by atoms with E-state index in [9.17, 15) is 4.79 Å². The maximum absolute atomic E-state index is 12.6. The number of thioether (sulfide) groups is 1. The Labute approximate surface area is 140 Å². The molecule has 3 nitrogen and oxygen atoms in total. The number of hydrogen-bond acceptors (Lipinski definition) is 4. The fraction of sp³-hybridized carbons (Fsp3) is 0.529. The van der Waals surface area contributed by atoms with Crippen molar-refractivity contribution < 1.29 is 4.79 Å². The number of amides is 1. The van der Waals surface area contributed by atoms with Gasteiger partial charge in [0, 0.05) is 13.1 Å². The van der Waals surface area contributed by atoms with Crippen LogP contribution in [0, 0.1) is 0 Å². The molecule has 0 N–H and O–H groups in total. The monoisotopic (exact) mass is 334 g/mol. The summed E-state index contributed by atoms with van der Waals surface area (Å²) >= 11 is 3.26. The van der Waals surface area contributed by atoms with Crippen LogP contribution in [0.15, 0.2) is 28.6 Å². The highest BCUT2D eigenvalue weighted by Gasteiger charge is 2.26. The van der Waals surface area contributed by atoms with Gasteiger partial charge in [-0.1, -0.05) is 43.2 Å². The number of hydrogen-bond donors (Lipinski definition) is 0. The predicted octanol–water partition coefficient (Wildman–Crippen LogP) is 4.57. The lowest BCUT2D eigenvalue weighted by molar-refractivity contribution is -0.131. The Balaban J connectivity index is 1.64. The molecule has 5 heteroatoms. The second-order valence-electron chi connectivity index (χ2n) is 5.95. The Bertz CT molecular complexity index is 616. The van der Waals surface area contributed by atoms with Gasteiger partial charge in [0.25, 0.3) is 0 Å². The molecule has 0 radical (unpaired) electrons. The third-order valence-electron chi connectivity index (χ3n) is 4.37. The molecule has 3 rings (SSSR count). The number of rotatable bonds is 4. The van der Waals surface area contributed by atoms with E-state index in [1.54, 1.807) is 23.1 Å². The number of para-hydroxylation sites is 1. The van der Waals surface area contributed by atoms with E-state index in [-0.39, 0.29) is 11.2 Å². The molecule has 1 atom stereocenters. The highest BCUT2D eigenvalue weighted by Crippen LogP contribution is 2.33. The van der Waals surface area contributed by atoms with Gasteiger partial charge in [0.15, 0.2) is 4.34 Å². The molecule has 1 heterocycles. The molecule has 0 spiro atoms. The molecule has 1 amide bonds. The third kappa shape index (κ3) is 3.46. The van der Waals surface area contributed by atoms with Crippen LogP contribution in [0.2, 0.25) is 0 Å². The molecule has 118 valence electrons. The molecule has 0 bridgehead atoms. The topological polar surface area (TPSA) is 33.2 Å². The predicted molar refractivity (Wildman–Crippen MR) is 94.6 cm³/mol. The fourth-order valence-electron chi connectivity index (χ4n) is 3.04. The van der Waals surface area contributed by atoms with Gasteiger partial charge >= 0.3 is 0 Å². The van der Waals surface area contributed by atoms with Crippen molar-refractivity contribution in [3.63, 3.8) is 0 Å². The molecule has 0 saturated heterocycles. The minimum Gasteiger partial charge on any atom is -0.342 e. The number of benzene rings is 1. The van der Waals surface area contributed by atoms with Crippen molar-refractivity contribution in [3.05, 3.63) is 24.3 Å². The highest BCUT2D eigenvalue weighted by molar-refractivity contribution is 8.02. The van der Waals surface area contributed by atoms with Gasteiger partial charge in [-0.25, -0.2) is 4.98 Å². The van der Waals surface area contributed by atoms with Crippen molar-refractivity contribution in [1.82, 2.24) is 9.88 Å². The first-order valence-electron chi connectivity index (χ1n) is 7.94. The lowest BCUT2D eigenvalue weighted by atomic mass is 9.94. The average molecular weight is 335 g/mol. The third-order valence-corrected chi connectivity index (χ3v) is 6.59. The van der Waals surface area contributed by atoms with Gasteiger partial charge in [-0.2, -0.15) is 0 Å². The second-order valence-corrected chi connectivity index (χ2v) is 8.57. The molecular weight excluding hydrogens is 312 g/mol. The second kappa shape index (κ2) is 7.01. The van der Waals surface area contributed by atoms with Crippen LogP contribution in [0.5, 0.6) is 0 Å². The van der Waals surface area contributed by atoms with Gasteiger partial charge in [0.2, 0.25) is 5.91 Å². The van der Waals surface area contributed by atoms with E-state index in [0.717, 1.165) is 22.7 Å². The Morgan fingerprint density at radius 2 is 2.05 bits per heavy atom. The molecule has 1 aromatic heterocycles. The average Bonchev–Trinajstić information content (AvgIpc) is 2.96. The van der Waals surface area contributed by atoms with Crippen LogP contribution in [0.3, 0.4) is 0 Å². The first kappa shape index (κ1) is 15.8. The fourth-order valence-corrected chi connectivity index (χ4v) is 5.35. The zero-order chi connectivity index (χ0) is 15.5. The molecule has 2 aromatic rings. The molecule has 22 heavy (non-hydrogen) atoms. The summed E-state index contributed by atoms with van der Waals surface area (Å²) in [5, 5.41) is -0.0764. The van der Waals surface area contributed by atoms with Gasteiger partial charge in [0.1, 0.15) is 0 Å². The maximum atomic E-state index is 12.6. The van der Waals surface area contributed by atoms with Gasteiger partial charge in [-0.3, -0.25) is 4.79 Å². The Morgan fingerprint density at radius 3 is 2.77 bits per heavy atom. The summed E-state index contributed by atoms with van der Waals surface area (Å²) < 4.78 is 2.17. The number of carbonyl (C=O) groups is 1. The van der Waals surface area contributed by atoms with Crippen LogP contribution in [0.4, 0.5) is 0 Å². The molecule has 1 aromatic carbocycles. The zero-order valence-corrected chi connectivity index (χ0v) is 14.8. The smallest absolute Gasteiger partial charge is 0.235 e. The molecule has 1 fully saturated rings. The number of thiazole rings is 1. The van der Waals surface area contributed by atoms with E-state index in [4.69, 9.17) is 0 Å². The summed E-state index contributed by atoms with van der Waals surface area (Å²) in [5.41, 5.74) is 1.02. The van der Waals surface area contributed by atoms with Gasteiger partial charge in [-0.15, -0.1) is 11.3 Å². The van der Waals surface area contributed by atoms with Crippen molar-refractivity contribution in [1.29, 1.82) is 0 Å². The summed E-state index contributed by atoms with van der Waals surface area (Å²) in [7, 11) is 1.97. The van der Waals surface area contributed by atoms with E-state index < -0.39 is 0 Å². The minimum absolute atomic E-state index is 0.0764. The molecular formula is C17H22N2OS2. The van der Waals surface area contributed by atoms with Crippen LogP contribution < -0.4 is 0 Å². The lowest BCUT2D eigenvalue weighted by Gasteiger charge is -2.32. The van der Waals surface area contributed by atoms with Crippen molar-refractivity contribution in [2.75, 3.05) is 7.05 Å². The summed E-state index contributed by atoms with van der Waals surface area (Å²) in [4.78, 5) is 19.2. The summed E-state index contributed by atoms with van der Waals surface area (Å²) in [6.07, 6.45) is 6.12. The van der Waals surface area contributed by atoms with Crippen LogP contribution >= 0.6 is 23.1 Å². The molecule has 0 aliphatic heterocycles. The summed E-state index contributed by atoms with van der Waals surface area (Å²) in [5.74, 6) is 0.233. The van der Waals surface area contributed by atoms with E-state index in [0.29, 0.717) is 6.04 Å². The van der Waals surface area contributed by atoms with E-state index in [1.165, 1.54) is 24.0 Å². The SMILES string of the molecule is CC(Sc1nc2ccccc2s1)C(=O)N(C)C1CCCCC1. The Kier molecular flexibility index (Phi) is 5.03. The van der Waals surface area contributed by atoms with E-state index in [1.807, 2.05) is 37.1 Å². The van der Waals surface area contributed by atoms with Crippen molar-refractivity contribution in [2.45, 2.75) is 54.7 Å². The van der Waals surface area contributed by atoms with Crippen LogP contribution in [-0.2, 0) is 4.79 Å². The van der Waals surface area contributed by atoms with Crippen molar-refractivity contribution in [3.8, 4) is 0 Å². The van der Waals surface area contributed by atoms with Gasteiger partial charge < -0.3 is 4.90 Å². The lowest BCUT2D eigenvalue weighted by Crippen LogP contribution is -2.42. The summed E-state index contributed by atoms with van der Waals surface area (Å²) in [6.45, 7) is 2.00. The van der Waals surface area contributed by atoms with Crippen molar-refractivity contribution >= 4 is 39.2 Å². The number of fused-ring (bicyclic) bond motifs is 1. The van der Waals surface area contributed by atoms with Gasteiger partial charge in [-0.05, 0) is 31.9 Å². The normalized spacial score (nSPS) is 17.5. The Hall–Kier alpha value is -1.07. The minimum atomic E-state index is -0.0764. The van der Waals surface area contributed by atoms with Crippen molar-refractivity contribution in [2.24, 2.45) is 0 Å². The molecule has 1 unspecified atom stereocenters. The molecule has 1 aliphatic carbocycles. The maximum Gasteiger partial charge on any atom is 0.235 e. The molecule has 1 aliphatic rings. The first-order chi connectivity index (χ1) is 10.6. The van der Waals surface area contributed by atoms with Crippen LogP contribution in [0.1, 0.15) is 39.0 Å². The largest absolute Gasteiger partial charge is 0.342 e. The van der Waals surface area contributed by atoms with Crippen LogP contribution in [-0.4, -0.2) is 34.1 Å². The standard InChI is InChI=1S/C17H22N2OS2/c1-12(16(20)19(2)13-8-4-3-5-9-13)21-17-18-14-10-6-7-11-15(14)22-17/h6-7,10-13H,3-5,8-9H2,1-2H3. The highest BCUT2D eigenvalue weighted by atomic mass is 32.2. The number of nitrogens with zero attached hydrogens (tertiary/aromatic N) is 2. The van der Waals surface area contributed by atoms with Gasteiger partial charge in [0.05, 0.1) is 15.5 Å². The zero-order valence-electron chi connectivity index (χ0n) is 13.1. The molecule has 1 saturated carbocycles. The van der Waals surface area contributed by atoms with Crippen LogP contribution in [0.25, 0.3) is 10.2 Å². The quantitative estimate of drug-likeness (QED) is 0.768.